The van der Waals surface area contributed by atoms with Gasteiger partial charge in [-0.05, 0) is 30.2 Å². The lowest BCUT2D eigenvalue weighted by Gasteiger charge is -2.11. The van der Waals surface area contributed by atoms with Gasteiger partial charge < -0.3 is 0 Å². The monoisotopic (exact) mass is 439 g/mol. The molecule has 9 heteroatoms. The molecule has 0 saturated carbocycles. The summed E-state index contributed by atoms with van der Waals surface area (Å²) in [5.74, 6) is -0.473. The van der Waals surface area contributed by atoms with E-state index < -0.39 is 17.6 Å². The number of benzene rings is 2. The first kappa shape index (κ1) is 20.2. The minimum atomic E-state index is -4.46. The Hall–Kier alpha value is -3.75. The fraction of sp³-hybridized carbons (Fsp3) is 0.174. The molecule has 0 saturated heterocycles. The maximum atomic E-state index is 15.4. The smallest absolute Gasteiger partial charge is 0.296 e. The predicted octanol–water partition coefficient (Wildman–Crippen LogP) is 6.22. The van der Waals surface area contributed by atoms with Gasteiger partial charge in [0, 0.05) is 17.3 Å². The third kappa shape index (κ3) is 3.21. The van der Waals surface area contributed by atoms with E-state index in [9.17, 15) is 13.2 Å². The maximum Gasteiger partial charge on any atom is 0.416 e. The van der Waals surface area contributed by atoms with E-state index in [0.29, 0.717) is 44.8 Å². The second-order valence-corrected chi connectivity index (χ2v) is 7.84. The zero-order valence-corrected chi connectivity index (χ0v) is 17.1. The number of nitrogens with one attached hydrogen (secondary N) is 1. The SMILES string of the molecule is CC(C)c1nc2cnc(-c3cccc(C(F)(F)F)c3)cn2c1-c1ccc2[nH]ncc2c1F. The standard InChI is InChI=1S/C23H17F4N5/c1-12(2)21-22(15-6-7-17-16(20(15)24)9-29-31-17)32-11-18(28-10-19(32)30-21)13-4-3-5-14(8-13)23(25,26)27/h3-12H,1-2H3,(H,29,31). The molecule has 0 aliphatic heterocycles. The Bertz CT molecular complexity index is 1460. The topological polar surface area (TPSA) is 58.9 Å². The number of hydrogen-bond donors (Lipinski definition) is 1. The number of fused-ring (bicyclic) bond motifs is 2. The molecule has 0 atom stereocenters. The Labute approximate surface area is 179 Å². The lowest BCUT2D eigenvalue weighted by atomic mass is 10.0. The molecular weight excluding hydrogens is 422 g/mol. The van der Waals surface area contributed by atoms with Crippen molar-refractivity contribution in [3.8, 4) is 22.5 Å². The fourth-order valence-corrected chi connectivity index (χ4v) is 3.81. The summed E-state index contributed by atoms with van der Waals surface area (Å²) in [6.07, 6.45) is 0.0353. The van der Waals surface area contributed by atoms with Gasteiger partial charge in [0.05, 0.1) is 45.9 Å². The van der Waals surface area contributed by atoms with Crippen molar-refractivity contribution in [2.24, 2.45) is 0 Å². The summed E-state index contributed by atoms with van der Waals surface area (Å²) in [5.41, 5.74) is 2.43. The molecule has 3 aromatic heterocycles. The summed E-state index contributed by atoms with van der Waals surface area (Å²) >= 11 is 0. The van der Waals surface area contributed by atoms with Crippen LogP contribution in [0.4, 0.5) is 17.6 Å². The van der Waals surface area contributed by atoms with Crippen molar-refractivity contribution in [2.45, 2.75) is 25.9 Å². The number of hydrogen-bond acceptors (Lipinski definition) is 3. The molecule has 0 bridgehead atoms. The number of aromatic nitrogens is 5. The molecule has 5 aromatic rings. The molecule has 32 heavy (non-hydrogen) atoms. The Morgan fingerprint density at radius 3 is 2.62 bits per heavy atom. The molecule has 162 valence electrons. The highest BCUT2D eigenvalue weighted by molar-refractivity contribution is 5.85. The average molecular weight is 439 g/mol. The molecule has 3 heterocycles. The van der Waals surface area contributed by atoms with Crippen LogP contribution < -0.4 is 0 Å². The molecule has 5 nitrogen and oxygen atoms in total. The highest BCUT2D eigenvalue weighted by Crippen LogP contribution is 2.36. The van der Waals surface area contributed by atoms with Gasteiger partial charge in [0.2, 0.25) is 0 Å². The van der Waals surface area contributed by atoms with Crippen LogP contribution >= 0.6 is 0 Å². The van der Waals surface area contributed by atoms with Crippen molar-refractivity contribution in [2.75, 3.05) is 0 Å². The first-order valence-corrected chi connectivity index (χ1v) is 9.91. The van der Waals surface area contributed by atoms with Crippen molar-refractivity contribution >= 4 is 16.6 Å². The van der Waals surface area contributed by atoms with E-state index >= 15 is 4.39 Å². The quantitative estimate of drug-likeness (QED) is 0.340. The molecule has 2 aromatic carbocycles. The van der Waals surface area contributed by atoms with Gasteiger partial charge >= 0.3 is 6.18 Å². The molecule has 0 fully saturated rings. The van der Waals surface area contributed by atoms with Gasteiger partial charge in [0.15, 0.2) is 5.65 Å². The minimum Gasteiger partial charge on any atom is -0.296 e. The zero-order chi connectivity index (χ0) is 22.6. The zero-order valence-electron chi connectivity index (χ0n) is 17.1. The van der Waals surface area contributed by atoms with Crippen molar-refractivity contribution in [3.05, 3.63) is 72.1 Å². The van der Waals surface area contributed by atoms with Crippen molar-refractivity contribution in [3.63, 3.8) is 0 Å². The van der Waals surface area contributed by atoms with Crippen LogP contribution in [0, 0.1) is 5.82 Å². The summed E-state index contributed by atoms with van der Waals surface area (Å²) in [4.78, 5) is 8.93. The van der Waals surface area contributed by atoms with E-state index in [0.717, 1.165) is 12.1 Å². The molecule has 0 spiro atoms. The predicted molar refractivity (Wildman–Crippen MR) is 113 cm³/mol. The minimum absolute atomic E-state index is 0.0265. The van der Waals surface area contributed by atoms with Gasteiger partial charge in [-0.25, -0.2) is 9.37 Å². The van der Waals surface area contributed by atoms with E-state index in [1.807, 2.05) is 13.8 Å². The van der Waals surface area contributed by atoms with Crippen LogP contribution in [-0.2, 0) is 6.18 Å². The van der Waals surface area contributed by atoms with E-state index in [1.165, 1.54) is 18.5 Å². The molecule has 0 radical (unpaired) electrons. The van der Waals surface area contributed by atoms with Crippen LogP contribution in [0.2, 0.25) is 0 Å². The van der Waals surface area contributed by atoms with Crippen molar-refractivity contribution in [1.29, 1.82) is 0 Å². The molecule has 5 rings (SSSR count). The first-order chi connectivity index (χ1) is 15.2. The summed E-state index contributed by atoms with van der Waals surface area (Å²) in [6.45, 7) is 3.89. The number of H-pyrrole nitrogens is 1. The van der Waals surface area contributed by atoms with E-state index in [4.69, 9.17) is 0 Å². The molecule has 0 unspecified atom stereocenters. The van der Waals surface area contributed by atoms with Crippen LogP contribution in [0.15, 0.2) is 55.0 Å². The van der Waals surface area contributed by atoms with Crippen LogP contribution in [0.3, 0.4) is 0 Å². The summed E-state index contributed by atoms with van der Waals surface area (Å²) in [5, 5.41) is 6.98. The number of alkyl halides is 3. The van der Waals surface area contributed by atoms with Gasteiger partial charge in [0.25, 0.3) is 0 Å². The molecule has 0 aliphatic carbocycles. The fourth-order valence-electron chi connectivity index (χ4n) is 3.81. The first-order valence-electron chi connectivity index (χ1n) is 9.91. The molecule has 1 N–H and O–H groups in total. The molecule has 0 amide bonds. The average Bonchev–Trinajstić information content (AvgIpc) is 3.38. The van der Waals surface area contributed by atoms with Crippen LogP contribution in [0.5, 0.6) is 0 Å². The van der Waals surface area contributed by atoms with Gasteiger partial charge in [-0.1, -0.05) is 26.0 Å². The lowest BCUT2D eigenvalue weighted by Crippen LogP contribution is -2.04. The summed E-state index contributed by atoms with van der Waals surface area (Å²) < 4.78 is 56.6. The summed E-state index contributed by atoms with van der Waals surface area (Å²) in [6, 6.07) is 8.34. The Balaban J connectivity index is 1.76. The molecule has 0 aliphatic rings. The maximum absolute atomic E-state index is 15.4. The Kier molecular flexibility index (Phi) is 4.51. The second kappa shape index (κ2) is 7.15. The molecular formula is C23H17F4N5. The van der Waals surface area contributed by atoms with Gasteiger partial charge in [-0.15, -0.1) is 0 Å². The van der Waals surface area contributed by atoms with E-state index in [-0.39, 0.29) is 5.92 Å². The van der Waals surface area contributed by atoms with Gasteiger partial charge in [-0.2, -0.15) is 18.3 Å². The number of imidazole rings is 1. The van der Waals surface area contributed by atoms with Gasteiger partial charge in [-0.3, -0.25) is 14.5 Å². The van der Waals surface area contributed by atoms with Gasteiger partial charge in [0.1, 0.15) is 5.82 Å². The van der Waals surface area contributed by atoms with Crippen LogP contribution in [0.1, 0.15) is 31.0 Å². The third-order valence-electron chi connectivity index (χ3n) is 5.38. The number of halogens is 4. The van der Waals surface area contributed by atoms with Crippen LogP contribution in [0.25, 0.3) is 39.1 Å². The lowest BCUT2D eigenvalue weighted by molar-refractivity contribution is -0.137. The normalized spacial score (nSPS) is 12.3. The highest BCUT2D eigenvalue weighted by Gasteiger charge is 2.30. The van der Waals surface area contributed by atoms with Crippen molar-refractivity contribution in [1.82, 2.24) is 24.6 Å². The number of aromatic amines is 1. The third-order valence-corrected chi connectivity index (χ3v) is 5.38. The Morgan fingerprint density at radius 2 is 1.88 bits per heavy atom. The largest absolute Gasteiger partial charge is 0.416 e. The highest BCUT2D eigenvalue weighted by atomic mass is 19.4. The van der Waals surface area contributed by atoms with E-state index in [2.05, 4.69) is 20.2 Å². The summed E-state index contributed by atoms with van der Waals surface area (Å²) in [7, 11) is 0. The van der Waals surface area contributed by atoms with Crippen LogP contribution in [-0.4, -0.2) is 24.6 Å². The Morgan fingerprint density at radius 1 is 1.06 bits per heavy atom. The number of nitrogens with zero attached hydrogens (tertiary/aromatic N) is 4. The van der Waals surface area contributed by atoms with Crippen molar-refractivity contribution < 1.29 is 17.6 Å². The van der Waals surface area contributed by atoms with E-state index in [1.54, 1.807) is 28.8 Å². The second-order valence-electron chi connectivity index (χ2n) is 7.84. The number of rotatable bonds is 3.